The molecule has 7 nitrogen and oxygen atoms in total. The molecule has 4 rings (SSSR count). The van der Waals surface area contributed by atoms with Crippen LogP contribution in [-0.2, 0) is 22.6 Å². The summed E-state index contributed by atoms with van der Waals surface area (Å²) < 4.78 is 5.70. The second-order valence-corrected chi connectivity index (χ2v) is 9.00. The maximum atomic E-state index is 12.8. The lowest BCUT2D eigenvalue weighted by molar-refractivity contribution is -0.136. The van der Waals surface area contributed by atoms with Gasteiger partial charge in [0.05, 0.1) is 12.1 Å². The Morgan fingerprint density at radius 3 is 2.87 bits per heavy atom. The molecule has 1 saturated heterocycles. The molecule has 3 heterocycles. The molecule has 1 atom stereocenters. The van der Waals surface area contributed by atoms with Crippen molar-refractivity contribution in [1.29, 1.82) is 0 Å². The van der Waals surface area contributed by atoms with Gasteiger partial charge in [-0.3, -0.25) is 9.59 Å². The largest absolute Gasteiger partial charge is 0.486 e. The standard InChI is InChI=1S/C20H19ClN4O3S2/c21-13-3-5-15(6-4-13)28-11-17-23-14(12-30-17)10-18(26)25-8-1-2-16(25)19(27)24-20-22-7-9-29-20/h3-7,9,12,16H,1-2,8,10-11H2,(H,22,24,27). The Kier molecular flexibility index (Phi) is 6.61. The summed E-state index contributed by atoms with van der Waals surface area (Å²) in [5, 5.41) is 8.43. The predicted molar refractivity (Wildman–Crippen MR) is 117 cm³/mol. The summed E-state index contributed by atoms with van der Waals surface area (Å²) in [4.78, 5) is 35.6. The van der Waals surface area contributed by atoms with E-state index >= 15 is 0 Å². The van der Waals surface area contributed by atoms with Gasteiger partial charge in [-0.15, -0.1) is 22.7 Å². The Morgan fingerprint density at radius 1 is 1.27 bits per heavy atom. The predicted octanol–water partition coefficient (Wildman–Crippen LogP) is 4.00. The Balaban J connectivity index is 1.32. The van der Waals surface area contributed by atoms with Gasteiger partial charge in [-0.25, -0.2) is 9.97 Å². The van der Waals surface area contributed by atoms with Crippen molar-refractivity contribution in [3.05, 3.63) is 56.9 Å². The monoisotopic (exact) mass is 462 g/mol. The number of halogens is 1. The van der Waals surface area contributed by atoms with E-state index in [-0.39, 0.29) is 18.2 Å². The first-order chi connectivity index (χ1) is 14.6. The SMILES string of the molecule is O=C(Nc1nccs1)C1CCCN1C(=O)Cc1csc(COc2ccc(Cl)cc2)n1. The van der Waals surface area contributed by atoms with E-state index in [0.29, 0.717) is 41.2 Å². The van der Waals surface area contributed by atoms with E-state index in [9.17, 15) is 9.59 Å². The number of carbonyl (C=O) groups excluding carboxylic acids is 2. The van der Waals surface area contributed by atoms with E-state index in [2.05, 4.69) is 15.3 Å². The first kappa shape index (κ1) is 20.8. The molecule has 156 valence electrons. The van der Waals surface area contributed by atoms with Crippen LogP contribution in [0.25, 0.3) is 0 Å². The maximum Gasteiger partial charge on any atom is 0.248 e. The number of hydrogen-bond acceptors (Lipinski definition) is 7. The molecule has 1 unspecified atom stereocenters. The first-order valence-corrected chi connectivity index (χ1v) is 11.5. The van der Waals surface area contributed by atoms with Crippen molar-refractivity contribution in [2.75, 3.05) is 11.9 Å². The number of likely N-dealkylation sites (tertiary alicyclic amines) is 1. The summed E-state index contributed by atoms with van der Waals surface area (Å²) in [7, 11) is 0. The molecule has 2 amide bonds. The third-order valence-electron chi connectivity index (χ3n) is 4.65. The summed E-state index contributed by atoms with van der Waals surface area (Å²) in [5.41, 5.74) is 0.686. The Bertz CT molecular complexity index is 1010. The Labute approximate surface area is 186 Å². The minimum absolute atomic E-state index is 0.0951. The normalized spacial score (nSPS) is 15.9. The van der Waals surface area contributed by atoms with Gasteiger partial charge in [0.25, 0.3) is 0 Å². The van der Waals surface area contributed by atoms with Crippen LogP contribution >= 0.6 is 34.3 Å². The van der Waals surface area contributed by atoms with Crippen LogP contribution in [0.3, 0.4) is 0 Å². The van der Waals surface area contributed by atoms with Crippen LogP contribution in [-0.4, -0.2) is 39.3 Å². The zero-order chi connectivity index (χ0) is 20.9. The summed E-state index contributed by atoms with van der Waals surface area (Å²) in [6, 6.07) is 6.66. The van der Waals surface area contributed by atoms with Crippen molar-refractivity contribution in [3.8, 4) is 5.75 Å². The second kappa shape index (κ2) is 9.55. The highest BCUT2D eigenvalue weighted by Crippen LogP contribution is 2.22. The lowest BCUT2D eigenvalue weighted by Gasteiger charge is -2.23. The van der Waals surface area contributed by atoms with Crippen LogP contribution in [0.2, 0.25) is 5.02 Å². The highest BCUT2D eigenvalue weighted by Gasteiger charge is 2.34. The average molecular weight is 463 g/mol. The fraction of sp³-hybridized carbons (Fsp3) is 0.300. The number of nitrogens with one attached hydrogen (secondary N) is 1. The van der Waals surface area contributed by atoms with E-state index < -0.39 is 6.04 Å². The second-order valence-electron chi connectivity index (χ2n) is 6.72. The van der Waals surface area contributed by atoms with E-state index in [1.807, 2.05) is 5.38 Å². The summed E-state index contributed by atoms with van der Waals surface area (Å²) in [6.07, 6.45) is 3.26. The highest BCUT2D eigenvalue weighted by molar-refractivity contribution is 7.13. The third kappa shape index (κ3) is 5.16. The van der Waals surface area contributed by atoms with Crippen LogP contribution in [0, 0.1) is 0 Å². The van der Waals surface area contributed by atoms with Gasteiger partial charge in [0.15, 0.2) is 5.13 Å². The van der Waals surface area contributed by atoms with Gasteiger partial charge in [0, 0.05) is 28.5 Å². The molecule has 0 saturated carbocycles. The van der Waals surface area contributed by atoms with E-state index in [4.69, 9.17) is 16.3 Å². The smallest absolute Gasteiger partial charge is 0.248 e. The lowest BCUT2D eigenvalue weighted by atomic mass is 10.2. The molecule has 0 radical (unpaired) electrons. The minimum Gasteiger partial charge on any atom is -0.486 e. The fourth-order valence-electron chi connectivity index (χ4n) is 3.24. The van der Waals surface area contributed by atoms with E-state index in [1.165, 1.54) is 22.7 Å². The molecule has 3 aromatic rings. The van der Waals surface area contributed by atoms with Gasteiger partial charge in [-0.2, -0.15) is 0 Å². The highest BCUT2D eigenvalue weighted by atomic mass is 35.5. The Morgan fingerprint density at radius 2 is 2.10 bits per heavy atom. The van der Waals surface area contributed by atoms with Crippen molar-refractivity contribution in [1.82, 2.24) is 14.9 Å². The molecule has 1 N–H and O–H groups in total. The number of benzene rings is 1. The average Bonchev–Trinajstić information content (AvgIpc) is 3.49. The van der Waals surface area contributed by atoms with Crippen LogP contribution in [0.1, 0.15) is 23.5 Å². The summed E-state index contributed by atoms with van der Waals surface area (Å²) in [6.45, 7) is 0.897. The van der Waals surface area contributed by atoms with Gasteiger partial charge in [-0.1, -0.05) is 11.6 Å². The number of ether oxygens (including phenoxy) is 1. The first-order valence-electron chi connectivity index (χ1n) is 9.40. The molecule has 2 aromatic heterocycles. The molecule has 30 heavy (non-hydrogen) atoms. The summed E-state index contributed by atoms with van der Waals surface area (Å²) >= 11 is 8.67. The van der Waals surface area contributed by atoms with Crippen LogP contribution < -0.4 is 10.1 Å². The quantitative estimate of drug-likeness (QED) is 0.573. The molecule has 10 heteroatoms. The van der Waals surface area contributed by atoms with Gasteiger partial charge in [0.1, 0.15) is 23.4 Å². The molecule has 0 spiro atoms. The molecular formula is C20H19ClN4O3S2. The number of nitrogens with zero attached hydrogens (tertiary/aromatic N) is 3. The number of thiazole rings is 2. The van der Waals surface area contributed by atoms with Crippen LogP contribution in [0.15, 0.2) is 41.2 Å². The Hall–Kier alpha value is -2.49. The van der Waals surface area contributed by atoms with E-state index in [1.54, 1.807) is 40.7 Å². The van der Waals surface area contributed by atoms with Crippen LogP contribution in [0.4, 0.5) is 5.13 Å². The molecule has 0 bridgehead atoms. The van der Waals surface area contributed by atoms with Crippen molar-refractivity contribution in [2.24, 2.45) is 0 Å². The zero-order valence-electron chi connectivity index (χ0n) is 15.9. The molecule has 1 aliphatic heterocycles. The van der Waals surface area contributed by atoms with E-state index in [0.717, 1.165) is 11.4 Å². The van der Waals surface area contributed by atoms with Gasteiger partial charge < -0.3 is 15.0 Å². The van der Waals surface area contributed by atoms with Gasteiger partial charge >= 0.3 is 0 Å². The van der Waals surface area contributed by atoms with Crippen molar-refractivity contribution in [2.45, 2.75) is 31.9 Å². The molecule has 1 aromatic carbocycles. The minimum atomic E-state index is -0.465. The van der Waals surface area contributed by atoms with Crippen molar-refractivity contribution < 1.29 is 14.3 Å². The molecular weight excluding hydrogens is 444 g/mol. The van der Waals surface area contributed by atoms with Crippen molar-refractivity contribution in [3.63, 3.8) is 0 Å². The number of hydrogen-bond donors (Lipinski definition) is 1. The zero-order valence-corrected chi connectivity index (χ0v) is 18.3. The molecule has 1 aliphatic rings. The van der Waals surface area contributed by atoms with Gasteiger partial charge in [-0.05, 0) is 37.1 Å². The van der Waals surface area contributed by atoms with Crippen molar-refractivity contribution >= 4 is 51.2 Å². The van der Waals surface area contributed by atoms with Gasteiger partial charge in [0.2, 0.25) is 11.8 Å². The third-order valence-corrected chi connectivity index (χ3v) is 6.46. The number of aromatic nitrogens is 2. The number of rotatable bonds is 7. The molecule has 1 fully saturated rings. The number of anilines is 1. The summed E-state index contributed by atoms with van der Waals surface area (Å²) in [5.74, 6) is 0.423. The number of carbonyl (C=O) groups is 2. The number of amides is 2. The maximum absolute atomic E-state index is 12.8. The fourth-order valence-corrected chi connectivity index (χ4v) is 4.60. The lowest BCUT2D eigenvalue weighted by Crippen LogP contribution is -2.43. The van der Waals surface area contributed by atoms with Crippen LogP contribution in [0.5, 0.6) is 5.75 Å². The topological polar surface area (TPSA) is 84.4 Å². The molecule has 0 aliphatic carbocycles.